The number of piperidine rings is 1. The molecule has 2 aliphatic rings. The van der Waals surface area contributed by atoms with Crippen LogP contribution in [-0.4, -0.2) is 38.4 Å². The van der Waals surface area contributed by atoms with E-state index in [2.05, 4.69) is 37.9 Å². The Morgan fingerprint density at radius 2 is 1.75 bits per heavy atom. The predicted molar refractivity (Wildman–Crippen MR) is 131 cm³/mol. The smallest absolute Gasteiger partial charge is 0.301 e. The maximum absolute atomic E-state index is 14.7. The van der Waals surface area contributed by atoms with Crippen molar-refractivity contribution in [3.05, 3.63) is 51.1 Å². The van der Waals surface area contributed by atoms with Gasteiger partial charge in [0.25, 0.3) is 0 Å². The molecule has 0 bridgehead atoms. The molecule has 1 aliphatic heterocycles. The van der Waals surface area contributed by atoms with Crippen LogP contribution in [0.1, 0.15) is 31.2 Å². The highest BCUT2D eigenvalue weighted by Gasteiger charge is 2.30. The highest BCUT2D eigenvalue weighted by Crippen LogP contribution is 2.33. The second-order valence-corrected chi connectivity index (χ2v) is 11.4. The Morgan fingerprint density at radius 1 is 1.06 bits per heavy atom. The van der Waals surface area contributed by atoms with Crippen LogP contribution in [0.2, 0.25) is 0 Å². The summed E-state index contributed by atoms with van der Waals surface area (Å²) in [5.41, 5.74) is 1.13. The third-order valence-corrected chi connectivity index (χ3v) is 8.16. The molecule has 10 heteroatoms. The largest absolute Gasteiger partial charge is 0.351 e. The van der Waals surface area contributed by atoms with Gasteiger partial charge in [-0.3, -0.25) is 4.72 Å². The first-order chi connectivity index (χ1) is 15.2. The van der Waals surface area contributed by atoms with Crippen molar-refractivity contribution in [1.82, 2.24) is 9.62 Å². The minimum Gasteiger partial charge on any atom is -0.351 e. The Labute approximate surface area is 201 Å². The summed E-state index contributed by atoms with van der Waals surface area (Å²) in [6.45, 7) is 3.59. The SMILES string of the molecule is Cc1cc(I)ccc1Nc1c(NS(=O)(=O)N2CCC(NCC3CC3)CC2)ccc(F)c1F. The van der Waals surface area contributed by atoms with Crippen molar-refractivity contribution in [2.75, 3.05) is 29.7 Å². The van der Waals surface area contributed by atoms with Crippen LogP contribution >= 0.6 is 22.6 Å². The van der Waals surface area contributed by atoms with Gasteiger partial charge in [-0.25, -0.2) is 8.78 Å². The Hall–Kier alpha value is -1.50. The number of hydrogen-bond donors (Lipinski definition) is 3. The Balaban J connectivity index is 1.48. The molecule has 0 unspecified atom stereocenters. The fourth-order valence-corrected chi connectivity index (χ4v) is 5.73. The van der Waals surface area contributed by atoms with Crippen LogP contribution in [0, 0.1) is 28.0 Å². The van der Waals surface area contributed by atoms with E-state index in [-0.39, 0.29) is 11.4 Å². The van der Waals surface area contributed by atoms with Crippen LogP contribution in [0.4, 0.5) is 25.8 Å². The van der Waals surface area contributed by atoms with Gasteiger partial charge in [-0.05, 0) is 104 Å². The number of aryl methyl sites for hydroxylation is 1. The van der Waals surface area contributed by atoms with E-state index in [0.29, 0.717) is 24.8 Å². The van der Waals surface area contributed by atoms with Crippen LogP contribution in [0.3, 0.4) is 0 Å². The summed E-state index contributed by atoms with van der Waals surface area (Å²) in [4.78, 5) is 0. The lowest BCUT2D eigenvalue weighted by atomic mass is 10.1. The molecule has 0 aromatic heterocycles. The zero-order valence-corrected chi connectivity index (χ0v) is 20.8. The Bertz CT molecular complexity index is 1090. The lowest BCUT2D eigenvalue weighted by Gasteiger charge is -2.32. The van der Waals surface area contributed by atoms with Crippen molar-refractivity contribution in [3.8, 4) is 0 Å². The third-order valence-electron chi connectivity index (χ3n) is 5.97. The summed E-state index contributed by atoms with van der Waals surface area (Å²) < 4.78 is 59.5. The van der Waals surface area contributed by atoms with Gasteiger partial charge < -0.3 is 10.6 Å². The van der Waals surface area contributed by atoms with Crippen LogP contribution < -0.4 is 15.4 Å². The van der Waals surface area contributed by atoms with Crippen molar-refractivity contribution >= 4 is 49.9 Å². The minimum absolute atomic E-state index is 0.0316. The Morgan fingerprint density at radius 3 is 2.41 bits per heavy atom. The summed E-state index contributed by atoms with van der Waals surface area (Å²) in [6, 6.07) is 7.95. The standard InChI is InChI=1S/C22H27F2IN4O2S/c1-14-12-16(25)4-6-19(14)27-22-20(7-5-18(23)21(22)24)28-32(30,31)29-10-8-17(9-11-29)26-13-15-2-3-15/h4-7,12,15,17,26-28H,2-3,8-11,13H2,1H3. The van der Waals surface area contributed by atoms with E-state index in [1.54, 1.807) is 6.07 Å². The Kier molecular flexibility index (Phi) is 7.23. The van der Waals surface area contributed by atoms with E-state index >= 15 is 0 Å². The molecule has 32 heavy (non-hydrogen) atoms. The van der Waals surface area contributed by atoms with Gasteiger partial charge in [0.15, 0.2) is 11.6 Å². The van der Waals surface area contributed by atoms with Crippen molar-refractivity contribution in [2.24, 2.45) is 5.92 Å². The van der Waals surface area contributed by atoms with Gasteiger partial charge >= 0.3 is 10.2 Å². The summed E-state index contributed by atoms with van der Waals surface area (Å²) >= 11 is 2.16. The maximum Gasteiger partial charge on any atom is 0.301 e. The second-order valence-electron chi connectivity index (χ2n) is 8.50. The molecule has 0 spiro atoms. The number of benzene rings is 2. The first-order valence-corrected chi connectivity index (χ1v) is 13.3. The lowest BCUT2D eigenvalue weighted by Crippen LogP contribution is -2.47. The van der Waals surface area contributed by atoms with Crippen LogP contribution in [0.25, 0.3) is 0 Å². The number of nitrogens with zero attached hydrogens (tertiary/aromatic N) is 1. The van der Waals surface area contributed by atoms with Gasteiger partial charge in [0, 0.05) is 28.4 Å². The van der Waals surface area contributed by atoms with Crippen LogP contribution in [0.15, 0.2) is 30.3 Å². The molecular formula is C22H27F2IN4O2S. The molecule has 0 amide bonds. The summed E-state index contributed by atoms with van der Waals surface area (Å²) in [5, 5.41) is 6.39. The quantitative estimate of drug-likeness (QED) is 0.397. The van der Waals surface area contributed by atoms with Gasteiger partial charge in [0.2, 0.25) is 0 Å². The zero-order chi connectivity index (χ0) is 22.9. The molecule has 1 aliphatic carbocycles. The van der Waals surface area contributed by atoms with E-state index < -0.39 is 21.8 Å². The highest BCUT2D eigenvalue weighted by molar-refractivity contribution is 14.1. The monoisotopic (exact) mass is 576 g/mol. The first kappa shape index (κ1) is 23.7. The maximum atomic E-state index is 14.7. The van der Waals surface area contributed by atoms with Crippen LogP contribution in [-0.2, 0) is 10.2 Å². The molecule has 3 N–H and O–H groups in total. The zero-order valence-electron chi connectivity index (χ0n) is 17.8. The predicted octanol–water partition coefficient (Wildman–Crippen LogP) is 4.74. The summed E-state index contributed by atoms with van der Waals surface area (Å²) in [5.74, 6) is -1.42. The average Bonchev–Trinajstić information content (AvgIpc) is 3.58. The molecule has 4 rings (SSSR count). The number of nitrogens with one attached hydrogen (secondary N) is 3. The average molecular weight is 576 g/mol. The van der Waals surface area contributed by atoms with E-state index in [4.69, 9.17) is 0 Å². The van der Waals surface area contributed by atoms with Gasteiger partial charge in [0.1, 0.15) is 5.69 Å². The molecule has 6 nitrogen and oxygen atoms in total. The van der Waals surface area contributed by atoms with E-state index in [1.165, 1.54) is 23.2 Å². The van der Waals surface area contributed by atoms with Gasteiger partial charge in [-0.2, -0.15) is 12.7 Å². The van der Waals surface area contributed by atoms with Crippen molar-refractivity contribution < 1.29 is 17.2 Å². The van der Waals surface area contributed by atoms with Crippen molar-refractivity contribution in [3.63, 3.8) is 0 Å². The molecule has 2 fully saturated rings. The van der Waals surface area contributed by atoms with Crippen LogP contribution in [0.5, 0.6) is 0 Å². The number of hydrogen-bond acceptors (Lipinski definition) is 4. The molecule has 0 radical (unpaired) electrons. The topological polar surface area (TPSA) is 73.5 Å². The fourth-order valence-electron chi connectivity index (χ4n) is 3.82. The molecular weight excluding hydrogens is 549 g/mol. The number of halogens is 3. The van der Waals surface area contributed by atoms with Crippen molar-refractivity contribution in [2.45, 2.75) is 38.6 Å². The van der Waals surface area contributed by atoms with E-state index in [1.807, 2.05) is 19.1 Å². The third kappa shape index (κ3) is 5.70. The molecule has 1 saturated carbocycles. The van der Waals surface area contributed by atoms with Crippen molar-refractivity contribution in [1.29, 1.82) is 0 Å². The number of rotatable bonds is 8. The molecule has 174 valence electrons. The minimum atomic E-state index is -3.91. The molecule has 1 saturated heterocycles. The molecule has 1 heterocycles. The molecule has 2 aromatic rings. The normalized spacial score (nSPS) is 18.0. The van der Waals surface area contributed by atoms with Gasteiger partial charge in [0.05, 0.1) is 5.69 Å². The van der Waals surface area contributed by atoms with E-state index in [9.17, 15) is 17.2 Å². The second kappa shape index (κ2) is 9.78. The highest BCUT2D eigenvalue weighted by atomic mass is 127. The molecule has 2 aromatic carbocycles. The molecule has 0 atom stereocenters. The van der Waals surface area contributed by atoms with Gasteiger partial charge in [-0.15, -0.1) is 0 Å². The van der Waals surface area contributed by atoms with Gasteiger partial charge in [-0.1, -0.05) is 0 Å². The van der Waals surface area contributed by atoms with E-state index in [0.717, 1.165) is 40.5 Å². The number of anilines is 3. The summed E-state index contributed by atoms with van der Waals surface area (Å²) in [7, 11) is -3.91. The fraction of sp³-hybridized carbons (Fsp3) is 0.455. The first-order valence-electron chi connectivity index (χ1n) is 10.8. The lowest BCUT2D eigenvalue weighted by molar-refractivity contribution is 0.289. The summed E-state index contributed by atoms with van der Waals surface area (Å²) in [6.07, 6.45) is 3.99.